The van der Waals surface area contributed by atoms with Crippen molar-refractivity contribution in [1.29, 1.82) is 0 Å². The molecule has 2 heterocycles. The number of urea groups is 1. The topological polar surface area (TPSA) is 80.5 Å². The van der Waals surface area contributed by atoms with Crippen LogP contribution in [-0.2, 0) is 0 Å². The number of benzene rings is 3. The van der Waals surface area contributed by atoms with Gasteiger partial charge in [0.2, 0.25) is 5.82 Å². The first kappa shape index (κ1) is 22.3. The number of amides is 2. The molecule has 5 rings (SSSR count). The molecule has 35 heavy (non-hydrogen) atoms. The Hall–Kier alpha value is -4.46. The van der Waals surface area contributed by atoms with Crippen molar-refractivity contribution in [2.45, 2.75) is 19.9 Å². The zero-order valence-corrected chi connectivity index (χ0v) is 19.4. The van der Waals surface area contributed by atoms with Gasteiger partial charge in [0.05, 0.1) is 24.4 Å². The molecule has 0 saturated heterocycles. The van der Waals surface area contributed by atoms with E-state index in [1.165, 1.54) is 12.1 Å². The fourth-order valence-corrected chi connectivity index (χ4v) is 4.12. The largest absolute Gasteiger partial charge is 0.497 e. The van der Waals surface area contributed by atoms with Crippen molar-refractivity contribution < 1.29 is 18.4 Å². The van der Waals surface area contributed by atoms with E-state index >= 15 is 0 Å². The number of hydrogen-bond donors (Lipinski definition) is 1. The molecule has 1 unspecified atom stereocenters. The van der Waals surface area contributed by atoms with Crippen LogP contribution >= 0.6 is 0 Å². The van der Waals surface area contributed by atoms with Crippen LogP contribution in [0.15, 0.2) is 83.0 Å². The molecule has 7 nitrogen and oxygen atoms in total. The predicted octanol–water partition coefficient (Wildman–Crippen LogP) is 5.89. The molecule has 3 aromatic carbocycles. The second-order valence-electron chi connectivity index (χ2n) is 8.26. The van der Waals surface area contributed by atoms with Crippen molar-refractivity contribution in [2.24, 2.45) is 0 Å². The molecular formula is C27H23FN4O3. The lowest BCUT2D eigenvalue weighted by Crippen LogP contribution is -2.46. The van der Waals surface area contributed by atoms with Gasteiger partial charge in [0, 0.05) is 11.3 Å². The molecule has 8 heteroatoms. The number of anilines is 1. The van der Waals surface area contributed by atoms with Gasteiger partial charge in [-0.25, -0.2) is 9.18 Å². The number of carbonyl (C=O) groups excluding carboxylic acids is 1. The predicted molar refractivity (Wildman–Crippen MR) is 130 cm³/mol. The van der Waals surface area contributed by atoms with E-state index in [0.717, 1.165) is 11.1 Å². The van der Waals surface area contributed by atoms with E-state index < -0.39 is 6.04 Å². The van der Waals surface area contributed by atoms with E-state index in [9.17, 15) is 9.18 Å². The zero-order chi connectivity index (χ0) is 24.5. The lowest BCUT2D eigenvalue weighted by molar-refractivity contribution is 0.244. The Balaban J connectivity index is 1.63. The average molecular weight is 471 g/mol. The second kappa shape index (κ2) is 9.06. The maximum absolute atomic E-state index is 13.6. The fourth-order valence-electron chi connectivity index (χ4n) is 4.12. The number of methoxy groups -OCH3 is 1. The minimum absolute atomic E-state index is 0.269. The summed E-state index contributed by atoms with van der Waals surface area (Å²) in [6, 6.07) is 20.0. The second-order valence-corrected chi connectivity index (χ2v) is 8.26. The van der Waals surface area contributed by atoms with Crippen LogP contribution < -0.4 is 15.0 Å². The van der Waals surface area contributed by atoms with Crippen molar-refractivity contribution in [2.75, 3.05) is 12.0 Å². The maximum Gasteiger partial charge on any atom is 0.326 e. The highest BCUT2D eigenvalue weighted by molar-refractivity contribution is 6.01. The number of ether oxygens (including phenoxy) is 1. The van der Waals surface area contributed by atoms with Gasteiger partial charge >= 0.3 is 6.03 Å². The Morgan fingerprint density at radius 2 is 1.66 bits per heavy atom. The van der Waals surface area contributed by atoms with E-state index in [-0.39, 0.29) is 17.7 Å². The monoisotopic (exact) mass is 470 g/mol. The standard InChI is InChI=1S/C27H23FN4O3/c1-16-4-6-19(7-5-16)25-30-26(35-31-25)23-17(2)32(21-12-14-22(34-3)15-13-21)27(33)29-24(23)18-8-10-20(28)11-9-18/h4-15,24H,1-3H3,(H,29,33). The Kier molecular flexibility index (Phi) is 5.78. The molecule has 4 aromatic rings. The van der Waals surface area contributed by atoms with Gasteiger partial charge < -0.3 is 14.6 Å². The maximum atomic E-state index is 13.6. The number of hydrogen-bond acceptors (Lipinski definition) is 5. The van der Waals surface area contributed by atoms with Gasteiger partial charge in [-0.05, 0) is 55.8 Å². The van der Waals surface area contributed by atoms with E-state index in [0.29, 0.717) is 34.1 Å². The van der Waals surface area contributed by atoms with Crippen LogP contribution in [0, 0.1) is 12.7 Å². The molecule has 0 radical (unpaired) electrons. The fraction of sp³-hybridized carbons (Fsp3) is 0.148. The van der Waals surface area contributed by atoms with Crippen LogP contribution in [0.4, 0.5) is 14.9 Å². The van der Waals surface area contributed by atoms with Crippen LogP contribution in [0.3, 0.4) is 0 Å². The van der Waals surface area contributed by atoms with Gasteiger partial charge in [0.15, 0.2) is 0 Å². The summed E-state index contributed by atoms with van der Waals surface area (Å²) < 4.78 is 24.6. The van der Waals surface area contributed by atoms with Gasteiger partial charge in [-0.2, -0.15) is 4.98 Å². The minimum atomic E-state index is -0.607. The molecule has 0 fully saturated rings. The van der Waals surface area contributed by atoms with E-state index in [2.05, 4.69) is 15.5 Å². The molecule has 1 aliphatic heterocycles. The normalized spacial score (nSPS) is 15.8. The summed E-state index contributed by atoms with van der Waals surface area (Å²) in [6.07, 6.45) is 0. The van der Waals surface area contributed by atoms with E-state index in [1.54, 1.807) is 48.4 Å². The summed E-state index contributed by atoms with van der Waals surface area (Å²) in [5.41, 5.74) is 4.52. The van der Waals surface area contributed by atoms with Crippen LogP contribution in [-0.4, -0.2) is 23.3 Å². The van der Waals surface area contributed by atoms with Gasteiger partial charge in [-0.3, -0.25) is 4.90 Å². The summed E-state index contributed by atoms with van der Waals surface area (Å²) in [6.45, 7) is 3.83. The van der Waals surface area contributed by atoms with Crippen molar-refractivity contribution >= 4 is 17.3 Å². The summed E-state index contributed by atoms with van der Waals surface area (Å²) >= 11 is 0. The number of halogens is 1. The number of aromatic nitrogens is 2. The summed E-state index contributed by atoms with van der Waals surface area (Å²) in [5.74, 6) is 1.02. The average Bonchev–Trinajstić information content (AvgIpc) is 3.35. The third kappa shape index (κ3) is 4.26. The number of nitrogens with one attached hydrogen (secondary N) is 1. The van der Waals surface area contributed by atoms with Gasteiger partial charge in [-0.15, -0.1) is 0 Å². The Morgan fingerprint density at radius 1 is 0.971 bits per heavy atom. The third-order valence-corrected chi connectivity index (χ3v) is 5.98. The van der Waals surface area contributed by atoms with Crippen LogP contribution in [0.25, 0.3) is 17.0 Å². The lowest BCUT2D eigenvalue weighted by atomic mass is 9.94. The molecule has 2 amide bonds. The minimum Gasteiger partial charge on any atom is -0.497 e. The van der Waals surface area contributed by atoms with Crippen molar-refractivity contribution in [3.8, 4) is 17.1 Å². The number of aryl methyl sites for hydroxylation is 1. The number of carbonyl (C=O) groups is 1. The number of rotatable bonds is 5. The number of nitrogens with zero attached hydrogens (tertiary/aromatic N) is 3. The molecule has 1 aromatic heterocycles. The van der Waals surface area contributed by atoms with E-state index in [1.807, 2.05) is 38.1 Å². The van der Waals surface area contributed by atoms with Crippen LogP contribution in [0.5, 0.6) is 5.75 Å². The molecule has 176 valence electrons. The first-order chi connectivity index (χ1) is 16.9. The number of allylic oxidation sites excluding steroid dienone is 1. The van der Waals surface area contributed by atoms with Crippen LogP contribution in [0.2, 0.25) is 0 Å². The molecule has 0 aliphatic carbocycles. The van der Waals surface area contributed by atoms with Gasteiger partial charge in [0.1, 0.15) is 11.6 Å². The summed E-state index contributed by atoms with van der Waals surface area (Å²) in [5, 5.41) is 7.19. The Labute approximate surface area is 201 Å². The SMILES string of the molecule is COc1ccc(N2C(=O)NC(c3ccc(F)cc3)C(c3nc(-c4ccc(C)cc4)no3)=C2C)cc1. The first-order valence-corrected chi connectivity index (χ1v) is 11.1. The highest BCUT2D eigenvalue weighted by atomic mass is 19.1. The molecule has 1 aliphatic rings. The lowest BCUT2D eigenvalue weighted by Gasteiger charge is -2.35. The molecule has 0 saturated carbocycles. The van der Waals surface area contributed by atoms with Crippen molar-refractivity contribution in [3.63, 3.8) is 0 Å². The molecule has 1 atom stereocenters. The third-order valence-electron chi connectivity index (χ3n) is 5.98. The van der Waals surface area contributed by atoms with Gasteiger partial charge in [0.25, 0.3) is 5.89 Å². The highest BCUT2D eigenvalue weighted by Gasteiger charge is 2.36. The smallest absolute Gasteiger partial charge is 0.326 e. The Morgan fingerprint density at radius 3 is 2.31 bits per heavy atom. The quantitative estimate of drug-likeness (QED) is 0.393. The molecule has 1 N–H and O–H groups in total. The van der Waals surface area contributed by atoms with Crippen molar-refractivity contribution in [3.05, 3.63) is 101 Å². The molecule has 0 spiro atoms. The van der Waals surface area contributed by atoms with Gasteiger partial charge in [-0.1, -0.05) is 47.1 Å². The molecule has 0 bridgehead atoms. The molecular weight excluding hydrogens is 447 g/mol. The van der Waals surface area contributed by atoms with E-state index in [4.69, 9.17) is 9.26 Å². The Bertz CT molecular complexity index is 1390. The van der Waals surface area contributed by atoms with Crippen LogP contribution in [0.1, 0.15) is 30.0 Å². The van der Waals surface area contributed by atoms with Crippen molar-refractivity contribution in [1.82, 2.24) is 15.5 Å². The summed E-state index contributed by atoms with van der Waals surface area (Å²) in [4.78, 5) is 19.5. The first-order valence-electron chi connectivity index (χ1n) is 11.1. The zero-order valence-electron chi connectivity index (χ0n) is 19.4. The summed E-state index contributed by atoms with van der Waals surface area (Å²) in [7, 11) is 1.58. The highest BCUT2D eigenvalue weighted by Crippen LogP contribution is 2.39.